The predicted molar refractivity (Wildman–Crippen MR) is 105 cm³/mol. The Hall–Kier alpha value is 0.299. The molecule has 162 valence electrons. The Balaban J connectivity index is -0.000000173. The number of hydrogen-bond acceptors (Lipinski definition) is 6. The standard InChI is InChI=1S/2C8H17O3P.C2H4.Fe/c2*1-2-3-4-5-6-7-8-11-12(9)10;1-2;/h2*2-8H2,1H3;1-2H2;/q;;;+2. The molecule has 27 heavy (non-hydrogen) atoms. The van der Waals surface area contributed by atoms with Crippen molar-refractivity contribution in [2.45, 2.75) is 90.9 Å². The Morgan fingerprint density at radius 1 is 0.630 bits per heavy atom. The van der Waals surface area contributed by atoms with Crippen molar-refractivity contribution < 1.29 is 45.0 Å². The maximum atomic E-state index is 9.95. The van der Waals surface area contributed by atoms with Gasteiger partial charge in [0.1, 0.15) is 13.2 Å². The monoisotopic (exact) mass is 468 g/mol. The largest absolute Gasteiger partial charge is 2.00 e. The van der Waals surface area contributed by atoms with E-state index in [-0.39, 0.29) is 17.1 Å². The van der Waals surface area contributed by atoms with Gasteiger partial charge < -0.3 is 9.79 Å². The molecule has 0 radical (unpaired) electrons. The Labute approximate surface area is 178 Å². The Morgan fingerprint density at radius 3 is 1.15 bits per heavy atom. The van der Waals surface area contributed by atoms with Gasteiger partial charge in [0.15, 0.2) is 0 Å². The smallest absolute Gasteiger partial charge is 0.566 e. The molecule has 0 aromatic carbocycles. The molecule has 0 aliphatic carbocycles. The second-order valence-corrected chi connectivity index (χ2v) is 7.06. The molecular weight excluding hydrogens is 430 g/mol. The van der Waals surface area contributed by atoms with E-state index in [2.05, 4.69) is 36.1 Å². The normalized spacial score (nSPS) is 10.5. The zero-order valence-corrected chi connectivity index (χ0v) is 19.9. The van der Waals surface area contributed by atoms with Crippen molar-refractivity contribution in [1.29, 1.82) is 0 Å². The van der Waals surface area contributed by atoms with Crippen LogP contribution in [0, 0.1) is 0 Å². The molecule has 0 spiro atoms. The van der Waals surface area contributed by atoms with E-state index < -0.39 is 16.5 Å². The molecule has 0 N–H and O–H groups in total. The van der Waals surface area contributed by atoms with Crippen LogP contribution >= 0.6 is 16.5 Å². The molecule has 0 amide bonds. The van der Waals surface area contributed by atoms with Crippen LogP contribution in [0.25, 0.3) is 0 Å². The third-order valence-corrected chi connectivity index (χ3v) is 4.18. The van der Waals surface area contributed by atoms with Gasteiger partial charge in [-0.15, -0.1) is 22.2 Å². The topological polar surface area (TPSA) is 98.7 Å². The molecule has 0 heterocycles. The fourth-order valence-electron chi connectivity index (χ4n) is 2.04. The zero-order chi connectivity index (χ0) is 20.5. The van der Waals surface area contributed by atoms with Gasteiger partial charge in [0.05, 0.1) is 0 Å². The molecule has 0 aromatic rings. The minimum absolute atomic E-state index is 0. The maximum Gasteiger partial charge on any atom is 2.00 e. The van der Waals surface area contributed by atoms with Gasteiger partial charge in [0.25, 0.3) is 0 Å². The van der Waals surface area contributed by atoms with Gasteiger partial charge in [-0.2, -0.15) is 0 Å². The van der Waals surface area contributed by atoms with Crippen molar-refractivity contribution in [3.8, 4) is 0 Å². The van der Waals surface area contributed by atoms with E-state index in [0.717, 1.165) is 25.7 Å². The third-order valence-electron chi connectivity index (χ3n) is 3.39. The first-order valence-electron chi connectivity index (χ1n) is 9.59. The van der Waals surface area contributed by atoms with Crippen LogP contribution in [-0.4, -0.2) is 13.2 Å². The summed E-state index contributed by atoms with van der Waals surface area (Å²) in [6.45, 7) is 11.0. The van der Waals surface area contributed by atoms with Crippen LogP contribution in [-0.2, 0) is 35.2 Å². The van der Waals surface area contributed by atoms with Gasteiger partial charge in [-0.3, -0.25) is 0 Å². The summed E-state index contributed by atoms with van der Waals surface area (Å²) in [6, 6.07) is 0. The molecule has 6 nitrogen and oxygen atoms in total. The van der Waals surface area contributed by atoms with Gasteiger partial charge in [0, 0.05) is 0 Å². The van der Waals surface area contributed by atoms with Gasteiger partial charge in [0.2, 0.25) is 0 Å². The average Bonchev–Trinajstić information content (AvgIpc) is 2.62. The quantitative estimate of drug-likeness (QED) is 0.127. The molecule has 0 fully saturated rings. The predicted octanol–water partition coefficient (Wildman–Crippen LogP) is 5.56. The van der Waals surface area contributed by atoms with Crippen molar-refractivity contribution in [3.63, 3.8) is 0 Å². The third kappa shape index (κ3) is 46.4. The molecule has 2 atom stereocenters. The number of rotatable bonds is 16. The summed E-state index contributed by atoms with van der Waals surface area (Å²) in [4.78, 5) is 19.9. The first-order valence-corrected chi connectivity index (χ1v) is 11.8. The minimum atomic E-state index is -2.63. The van der Waals surface area contributed by atoms with Gasteiger partial charge in [-0.05, 0) is 22.0 Å². The van der Waals surface area contributed by atoms with E-state index in [1.165, 1.54) is 51.4 Å². The molecule has 9 heteroatoms. The van der Waals surface area contributed by atoms with Gasteiger partial charge in [-0.1, -0.05) is 78.1 Å². The van der Waals surface area contributed by atoms with Crippen molar-refractivity contribution in [2.24, 2.45) is 0 Å². The Bertz CT molecular complexity index is 282. The molecule has 0 saturated heterocycles. The van der Waals surface area contributed by atoms with E-state index >= 15 is 0 Å². The van der Waals surface area contributed by atoms with Crippen molar-refractivity contribution in [2.75, 3.05) is 13.2 Å². The summed E-state index contributed by atoms with van der Waals surface area (Å²) in [5.74, 6) is 0. The molecule has 0 saturated carbocycles. The van der Waals surface area contributed by atoms with Crippen LogP contribution in [0.4, 0.5) is 0 Å². The van der Waals surface area contributed by atoms with Crippen LogP contribution in [0.2, 0.25) is 0 Å². The van der Waals surface area contributed by atoms with E-state index in [0.29, 0.717) is 13.2 Å². The van der Waals surface area contributed by atoms with Gasteiger partial charge in [-0.25, -0.2) is 0 Å². The van der Waals surface area contributed by atoms with E-state index in [1.54, 1.807) is 0 Å². The molecule has 2 unspecified atom stereocenters. The number of unbranched alkanes of at least 4 members (excludes halogenated alkanes) is 10. The summed E-state index contributed by atoms with van der Waals surface area (Å²) >= 11 is 0. The maximum absolute atomic E-state index is 9.95. The van der Waals surface area contributed by atoms with Crippen LogP contribution in [0.5, 0.6) is 0 Å². The fourth-order valence-corrected chi connectivity index (χ4v) is 2.60. The first-order chi connectivity index (χ1) is 12.5. The fraction of sp³-hybridized carbons (Fsp3) is 0.889. The summed E-state index contributed by atoms with van der Waals surface area (Å²) in [6.07, 6.45) is 13.8. The molecule has 0 aliphatic rings. The molecule has 0 aliphatic heterocycles. The first kappa shape index (κ1) is 34.8. The summed E-state index contributed by atoms with van der Waals surface area (Å²) < 4.78 is 28.7. The summed E-state index contributed by atoms with van der Waals surface area (Å²) in [5.41, 5.74) is 0. The van der Waals surface area contributed by atoms with E-state index in [9.17, 15) is 18.9 Å². The molecule has 0 rings (SSSR count). The van der Waals surface area contributed by atoms with Crippen LogP contribution < -0.4 is 9.79 Å². The summed E-state index contributed by atoms with van der Waals surface area (Å²) in [5, 5.41) is 0. The zero-order valence-electron chi connectivity index (χ0n) is 17.0. The van der Waals surface area contributed by atoms with Crippen LogP contribution in [0.15, 0.2) is 13.2 Å². The number of hydrogen-bond donors (Lipinski definition) is 0. The van der Waals surface area contributed by atoms with Crippen LogP contribution in [0.3, 0.4) is 0 Å². The molecule has 0 aromatic heterocycles. The van der Waals surface area contributed by atoms with Crippen molar-refractivity contribution in [3.05, 3.63) is 13.2 Å². The Kier molecular flexibility index (Phi) is 43.6. The SMILES string of the molecule is C=C.CCCCCCCCO[P+](=O)[O-].CCCCCCCCO[P+](=O)[O-].[Fe+2]. The van der Waals surface area contributed by atoms with Gasteiger partial charge >= 0.3 is 33.6 Å². The van der Waals surface area contributed by atoms with E-state index in [4.69, 9.17) is 0 Å². The van der Waals surface area contributed by atoms with E-state index in [1.807, 2.05) is 0 Å². The summed E-state index contributed by atoms with van der Waals surface area (Å²) in [7, 11) is -5.26. The second kappa shape index (κ2) is 33.9. The molecule has 0 bridgehead atoms. The van der Waals surface area contributed by atoms with Crippen molar-refractivity contribution >= 4 is 16.5 Å². The Morgan fingerprint density at radius 2 is 0.889 bits per heavy atom. The van der Waals surface area contributed by atoms with Crippen molar-refractivity contribution in [1.82, 2.24) is 0 Å². The van der Waals surface area contributed by atoms with Crippen LogP contribution in [0.1, 0.15) is 90.9 Å². The average molecular weight is 468 g/mol. The minimum Gasteiger partial charge on any atom is -0.566 e. The second-order valence-electron chi connectivity index (χ2n) is 5.65. The molecular formula is C18H38FeO6P2+2.